The van der Waals surface area contributed by atoms with Gasteiger partial charge < -0.3 is 4.90 Å². The van der Waals surface area contributed by atoms with Crippen molar-refractivity contribution >= 4 is 0 Å². The molecule has 0 bridgehead atoms. The van der Waals surface area contributed by atoms with E-state index in [1.165, 1.54) is 16.8 Å². The second kappa shape index (κ2) is 3.21. The Hall–Kier alpha value is -0.720. The van der Waals surface area contributed by atoms with Crippen molar-refractivity contribution in [3.05, 3.63) is 22.9 Å². The van der Waals surface area contributed by atoms with Crippen molar-refractivity contribution in [1.82, 2.24) is 4.90 Å². The summed E-state index contributed by atoms with van der Waals surface area (Å²) >= 11 is 0. The van der Waals surface area contributed by atoms with Crippen LogP contribution in [0.25, 0.3) is 0 Å². The summed E-state index contributed by atoms with van der Waals surface area (Å²) in [5, 5.41) is 0. The lowest BCUT2D eigenvalue weighted by molar-refractivity contribution is 0.200. The third-order valence-corrected chi connectivity index (χ3v) is 2.93. The van der Waals surface area contributed by atoms with E-state index >= 15 is 0 Å². The van der Waals surface area contributed by atoms with Crippen LogP contribution >= 0.6 is 0 Å². The molecule has 74 valence electrons. The predicted molar refractivity (Wildman–Crippen MR) is 58.6 cm³/mol. The van der Waals surface area contributed by atoms with Crippen molar-refractivity contribution in [2.75, 3.05) is 6.54 Å². The normalized spacial score (nSPS) is 19.2. The zero-order valence-corrected chi connectivity index (χ0v) is 9.73. The van der Waals surface area contributed by atoms with Crippen molar-refractivity contribution in [2.24, 2.45) is 0 Å². The van der Waals surface area contributed by atoms with Crippen LogP contribution in [0.4, 0.5) is 0 Å². The molecule has 13 heavy (non-hydrogen) atoms. The van der Waals surface area contributed by atoms with Crippen LogP contribution in [0, 0.1) is 0 Å². The Kier molecular flexibility index (Phi) is 2.56. The van der Waals surface area contributed by atoms with Gasteiger partial charge in [0.25, 0.3) is 0 Å². The quantitative estimate of drug-likeness (QED) is 0.551. The van der Waals surface area contributed by atoms with Gasteiger partial charge in [0.2, 0.25) is 0 Å². The van der Waals surface area contributed by atoms with Crippen molar-refractivity contribution in [2.45, 2.75) is 47.1 Å². The van der Waals surface area contributed by atoms with E-state index < -0.39 is 0 Å². The van der Waals surface area contributed by atoms with E-state index in [9.17, 15) is 0 Å². The lowest BCUT2D eigenvalue weighted by Gasteiger charge is -2.41. The average Bonchev–Trinajstić information content (AvgIpc) is 1.98. The molecule has 0 saturated carbocycles. The highest BCUT2D eigenvalue weighted by Crippen LogP contribution is 2.28. The molecule has 0 amide bonds. The molecule has 1 rings (SSSR count). The smallest absolute Gasteiger partial charge is 0.0367 e. The summed E-state index contributed by atoms with van der Waals surface area (Å²) < 4.78 is 0. The highest BCUT2D eigenvalue weighted by molar-refractivity contribution is 5.35. The van der Waals surface area contributed by atoms with Gasteiger partial charge in [-0.25, -0.2) is 0 Å². The number of rotatable bonds is 0. The molecule has 0 aromatic rings. The number of hydrogen-bond acceptors (Lipinski definition) is 1. The topological polar surface area (TPSA) is 3.24 Å². The second-order valence-electron chi connectivity index (χ2n) is 4.88. The first kappa shape index (κ1) is 10.4. The minimum Gasteiger partial charge on any atom is -0.366 e. The van der Waals surface area contributed by atoms with Gasteiger partial charge in [-0.2, -0.15) is 0 Å². The van der Waals surface area contributed by atoms with Gasteiger partial charge in [-0.1, -0.05) is 6.08 Å². The van der Waals surface area contributed by atoms with E-state index in [0.717, 1.165) is 6.54 Å². The molecule has 0 aliphatic carbocycles. The van der Waals surface area contributed by atoms with Gasteiger partial charge in [0.15, 0.2) is 0 Å². The number of allylic oxidation sites excluding steroid dienone is 3. The van der Waals surface area contributed by atoms with Crippen LogP contribution in [0.1, 0.15) is 41.5 Å². The molecule has 0 radical (unpaired) electrons. The predicted octanol–water partition coefficient (Wildman–Crippen LogP) is 3.34. The summed E-state index contributed by atoms with van der Waals surface area (Å²) in [6, 6.07) is 0. The highest BCUT2D eigenvalue weighted by Gasteiger charge is 2.23. The third-order valence-electron chi connectivity index (χ3n) is 2.93. The highest BCUT2D eigenvalue weighted by atomic mass is 15.2. The van der Waals surface area contributed by atoms with Gasteiger partial charge >= 0.3 is 0 Å². The third kappa shape index (κ3) is 1.96. The Morgan fingerprint density at radius 3 is 2.15 bits per heavy atom. The standard InChI is InChI=1S/C12H21N/c1-9-7-8-13(12(4,5)6)11(3)10(9)2/h7H,8H2,1-6H3. The largest absolute Gasteiger partial charge is 0.366 e. The van der Waals surface area contributed by atoms with Crippen molar-refractivity contribution in [1.29, 1.82) is 0 Å². The first-order valence-electron chi connectivity index (χ1n) is 4.96. The monoisotopic (exact) mass is 179 g/mol. The first-order valence-corrected chi connectivity index (χ1v) is 4.96. The molecule has 0 fully saturated rings. The molecular formula is C12H21N. The molecule has 0 N–H and O–H groups in total. The van der Waals surface area contributed by atoms with Gasteiger partial charge in [-0.3, -0.25) is 0 Å². The van der Waals surface area contributed by atoms with E-state index in [0.29, 0.717) is 0 Å². The Morgan fingerprint density at radius 1 is 1.15 bits per heavy atom. The fraction of sp³-hybridized carbons (Fsp3) is 0.667. The fourth-order valence-electron chi connectivity index (χ4n) is 1.78. The van der Waals surface area contributed by atoms with E-state index in [1.807, 2.05) is 0 Å². The Morgan fingerprint density at radius 2 is 1.69 bits per heavy atom. The Balaban J connectivity index is 2.99. The summed E-state index contributed by atoms with van der Waals surface area (Å²) in [6.07, 6.45) is 2.31. The van der Waals surface area contributed by atoms with Gasteiger partial charge in [-0.05, 0) is 52.7 Å². The van der Waals surface area contributed by atoms with Crippen LogP contribution in [0.5, 0.6) is 0 Å². The molecule has 1 heteroatoms. The molecule has 0 aromatic heterocycles. The molecule has 0 unspecified atom stereocenters. The maximum atomic E-state index is 2.45. The summed E-state index contributed by atoms with van der Waals surface area (Å²) in [6.45, 7) is 14.5. The summed E-state index contributed by atoms with van der Waals surface area (Å²) in [5.74, 6) is 0. The van der Waals surface area contributed by atoms with Crippen molar-refractivity contribution in [3.8, 4) is 0 Å². The maximum absolute atomic E-state index is 2.45. The summed E-state index contributed by atoms with van der Waals surface area (Å²) in [4.78, 5) is 2.45. The molecule has 1 nitrogen and oxygen atoms in total. The first-order chi connectivity index (χ1) is 5.84. The van der Waals surface area contributed by atoms with Gasteiger partial charge in [0, 0.05) is 17.8 Å². The maximum Gasteiger partial charge on any atom is 0.0367 e. The van der Waals surface area contributed by atoms with Gasteiger partial charge in [-0.15, -0.1) is 0 Å². The number of hydrogen-bond donors (Lipinski definition) is 0. The summed E-state index contributed by atoms with van der Waals surface area (Å²) in [7, 11) is 0. The Labute approximate surface area is 82.1 Å². The van der Waals surface area contributed by atoms with E-state index in [1.54, 1.807) is 0 Å². The fourth-order valence-corrected chi connectivity index (χ4v) is 1.78. The molecule has 0 atom stereocenters. The molecule has 0 aromatic carbocycles. The SMILES string of the molecule is CC1=CCN(C(C)(C)C)C(C)=C1C. The van der Waals surface area contributed by atoms with E-state index in [4.69, 9.17) is 0 Å². The van der Waals surface area contributed by atoms with Crippen LogP contribution in [0.3, 0.4) is 0 Å². The molecule has 1 aliphatic heterocycles. The second-order valence-corrected chi connectivity index (χ2v) is 4.88. The van der Waals surface area contributed by atoms with Crippen LogP contribution in [-0.4, -0.2) is 17.0 Å². The summed E-state index contributed by atoms with van der Waals surface area (Å²) in [5.41, 5.74) is 4.52. The molecule has 1 heterocycles. The minimum atomic E-state index is 0.239. The van der Waals surface area contributed by atoms with Crippen molar-refractivity contribution < 1.29 is 0 Å². The van der Waals surface area contributed by atoms with Crippen molar-refractivity contribution in [3.63, 3.8) is 0 Å². The van der Waals surface area contributed by atoms with Crippen LogP contribution in [0.2, 0.25) is 0 Å². The Bertz CT molecular complexity index is 263. The lowest BCUT2D eigenvalue weighted by atomic mass is 9.97. The van der Waals surface area contributed by atoms with E-state index in [2.05, 4.69) is 52.5 Å². The van der Waals surface area contributed by atoms with Crippen LogP contribution in [-0.2, 0) is 0 Å². The molecular weight excluding hydrogens is 158 g/mol. The molecule has 0 spiro atoms. The molecule has 0 saturated heterocycles. The lowest BCUT2D eigenvalue weighted by Crippen LogP contribution is -2.41. The average molecular weight is 179 g/mol. The van der Waals surface area contributed by atoms with Crippen LogP contribution < -0.4 is 0 Å². The minimum absolute atomic E-state index is 0.239. The van der Waals surface area contributed by atoms with Gasteiger partial charge in [0.05, 0.1) is 0 Å². The zero-order valence-electron chi connectivity index (χ0n) is 9.73. The molecule has 1 aliphatic rings. The van der Waals surface area contributed by atoms with Gasteiger partial charge in [0.1, 0.15) is 0 Å². The van der Waals surface area contributed by atoms with E-state index in [-0.39, 0.29) is 5.54 Å². The zero-order chi connectivity index (χ0) is 10.2. The van der Waals surface area contributed by atoms with Crippen LogP contribution in [0.15, 0.2) is 22.9 Å². The number of nitrogens with zero attached hydrogens (tertiary/aromatic N) is 1.